The van der Waals surface area contributed by atoms with E-state index < -0.39 is 18.0 Å². The lowest BCUT2D eigenvalue weighted by Gasteiger charge is -2.01. The van der Waals surface area contributed by atoms with Crippen molar-refractivity contribution in [3.8, 4) is 0 Å². The molecule has 0 aromatic heterocycles. The van der Waals surface area contributed by atoms with Crippen molar-refractivity contribution >= 4 is 18.4 Å². The zero-order chi connectivity index (χ0) is 10.9. The first-order valence-corrected chi connectivity index (χ1v) is 3.23. The number of hydrogen-bond acceptors (Lipinski definition) is 4. The van der Waals surface area contributed by atoms with Gasteiger partial charge in [0.1, 0.15) is 6.04 Å². The molecule has 0 saturated heterocycles. The van der Waals surface area contributed by atoms with Gasteiger partial charge in [0.05, 0.1) is 0 Å². The number of hydrogen-bond donors (Lipinski definition) is 4. The molecule has 76 valence electrons. The Morgan fingerprint density at radius 3 is 2.00 bits per heavy atom. The van der Waals surface area contributed by atoms with E-state index in [4.69, 9.17) is 25.8 Å². The molecular weight excluding hydrogens is 182 g/mol. The Labute approximate surface area is 73.8 Å². The van der Waals surface area contributed by atoms with Gasteiger partial charge in [-0.1, -0.05) is 0 Å². The number of nitrogens with two attached hydrogens (primary N) is 1. The SMILES string of the molecule is NC(CCC(=O)O)C(=O)O.O=CO. The Hall–Kier alpha value is -1.63. The summed E-state index contributed by atoms with van der Waals surface area (Å²) in [6, 6.07) is -1.06. The van der Waals surface area contributed by atoms with Crippen LogP contribution in [0.25, 0.3) is 0 Å². The number of rotatable bonds is 4. The van der Waals surface area contributed by atoms with Crippen LogP contribution in [0.15, 0.2) is 0 Å². The number of carboxylic acids is 2. The highest BCUT2D eigenvalue weighted by atomic mass is 16.4. The van der Waals surface area contributed by atoms with Crippen LogP contribution in [-0.2, 0) is 14.4 Å². The molecule has 7 nitrogen and oxygen atoms in total. The smallest absolute Gasteiger partial charge is 0.320 e. The van der Waals surface area contributed by atoms with Crippen LogP contribution < -0.4 is 5.73 Å². The molecule has 0 heterocycles. The van der Waals surface area contributed by atoms with E-state index >= 15 is 0 Å². The fraction of sp³-hybridized carbons (Fsp3) is 0.500. The maximum atomic E-state index is 9.99. The van der Waals surface area contributed by atoms with E-state index in [1.807, 2.05) is 0 Å². The maximum absolute atomic E-state index is 9.99. The van der Waals surface area contributed by atoms with Crippen LogP contribution >= 0.6 is 0 Å². The van der Waals surface area contributed by atoms with E-state index in [-0.39, 0.29) is 19.3 Å². The van der Waals surface area contributed by atoms with Crippen molar-refractivity contribution in [3.05, 3.63) is 0 Å². The van der Waals surface area contributed by atoms with Crippen LogP contribution in [0.2, 0.25) is 0 Å². The second-order valence-corrected chi connectivity index (χ2v) is 1.98. The van der Waals surface area contributed by atoms with Gasteiger partial charge in [0.15, 0.2) is 0 Å². The standard InChI is InChI=1S/C5H9NO4.CH2O2/c6-3(5(9)10)1-2-4(7)8;2-1-3/h3H,1-2,6H2,(H,7,8)(H,9,10);1H,(H,2,3). The molecule has 0 aromatic carbocycles. The Morgan fingerprint density at radius 2 is 1.77 bits per heavy atom. The highest BCUT2D eigenvalue weighted by Crippen LogP contribution is 1.93. The van der Waals surface area contributed by atoms with Crippen molar-refractivity contribution in [2.75, 3.05) is 0 Å². The fourth-order valence-electron chi connectivity index (χ4n) is 0.402. The van der Waals surface area contributed by atoms with Gasteiger partial charge < -0.3 is 21.1 Å². The van der Waals surface area contributed by atoms with E-state index in [2.05, 4.69) is 0 Å². The highest BCUT2D eigenvalue weighted by molar-refractivity contribution is 5.74. The lowest BCUT2D eigenvalue weighted by Crippen LogP contribution is -2.30. The summed E-state index contributed by atoms with van der Waals surface area (Å²) in [6.07, 6.45) is -0.224. The van der Waals surface area contributed by atoms with E-state index in [0.717, 1.165) is 0 Å². The van der Waals surface area contributed by atoms with Crippen LogP contribution in [-0.4, -0.2) is 39.8 Å². The zero-order valence-electron chi connectivity index (χ0n) is 6.71. The van der Waals surface area contributed by atoms with Crippen LogP contribution in [0, 0.1) is 0 Å². The first-order valence-electron chi connectivity index (χ1n) is 3.23. The van der Waals surface area contributed by atoms with Crippen molar-refractivity contribution in [1.29, 1.82) is 0 Å². The molecule has 0 aliphatic rings. The summed E-state index contributed by atoms with van der Waals surface area (Å²) in [5.74, 6) is -2.20. The summed E-state index contributed by atoms with van der Waals surface area (Å²) in [5.41, 5.74) is 5.00. The number of carbonyl (C=O) groups is 3. The van der Waals surface area contributed by atoms with Gasteiger partial charge in [-0.2, -0.15) is 0 Å². The van der Waals surface area contributed by atoms with Gasteiger partial charge in [-0.05, 0) is 6.42 Å². The van der Waals surface area contributed by atoms with Crippen LogP contribution in [0.5, 0.6) is 0 Å². The topological polar surface area (TPSA) is 138 Å². The number of aliphatic carboxylic acids is 2. The minimum absolute atomic E-state index is 0.0231. The van der Waals surface area contributed by atoms with Crippen LogP contribution in [0.4, 0.5) is 0 Å². The monoisotopic (exact) mass is 193 g/mol. The predicted octanol–water partition coefficient (Wildman–Crippen LogP) is -1.04. The summed E-state index contributed by atoms with van der Waals surface area (Å²) in [6.45, 7) is -0.250. The Morgan fingerprint density at radius 1 is 1.38 bits per heavy atom. The summed E-state index contributed by atoms with van der Waals surface area (Å²) in [4.78, 5) is 28.2. The van der Waals surface area contributed by atoms with Crippen molar-refractivity contribution in [1.82, 2.24) is 0 Å². The molecule has 0 radical (unpaired) electrons. The second-order valence-electron chi connectivity index (χ2n) is 1.98. The average molecular weight is 193 g/mol. The first kappa shape index (κ1) is 13.9. The second kappa shape index (κ2) is 8.47. The maximum Gasteiger partial charge on any atom is 0.320 e. The van der Waals surface area contributed by atoms with Crippen molar-refractivity contribution in [2.24, 2.45) is 5.73 Å². The van der Waals surface area contributed by atoms with Crippen LogP contribution in [0.3, 0.4) is 0 Å². The van der Waals surface area contributed by atoms with Gasteiger partial charge in [-0.15, -0.1) is 0 Å². The van der Waals surface area contributed by atoms with Crippen molar-refractivity contribution in [3.63, 3.8) is 0 Å². The molecule has 7 heteroatoms. The largest absolute Gasteiger partial charge is 0.483 e. The number of carboxylic acid groups (broad SMARTS) is 3. The molecule has 1 unspecified atom stereocenters. The van der Waals surface area contributed by atoms with Gasteiger partial charge in [0.25, 0.3) is 6.47 Å². The van der Waals surface area contributed by atoms with Gasteiger partial charge in [0, 0.05) is 6.42 Å². The quantitative estimate of drug-likeness (QED) is 0.418. The normalized spacial score (nSPS) is 10.5. The molecule has 0 aliphatic carbocycles. The lowest BCUT2D eigenvalue weighted by molar-refractivity contribution is -0.140. The molecular formula is C6H11NO6. The van der Waals surface area contributed by atoms with Crippen LogP contribution in [0.1, 0.15) is 12.8 Å². The zero-order valence-corrected chi connectivity index (χ0v) is 6.71. The lowest BCUT2D eigenvalue weighted by atomic mass is 10.2. The Kier molecular flexibility index (Phi) is 9.07. The van der Waals surface area contributed by atoms with E-state index in [1.165, 1.54) is 0 Å². The summed E-state index contributed by atoms with van der Waals surface area (Å²) in [5, 5.41) is 23.2. The molecule has 0 aromatic rings. The van der Waals surface area contributed by atoms with Gasteiger partial charge in [0.2, 0.25) is 0 Å². The Balaban J connectivity index is 0. The summed E-state index contributed by atoms with van der Waals surface area (Å²) < 4.78 is 0. The highest BCUT2D eigenvalue weighted by Gasteiger charge is 2.12. The van der Waals surface area contributed by atoms with Gasteiger partial charge in [-0.3, -0.25) is 14.4 Å². The van der Waals surface area contributed by atoms with Gasteiger partial charge in [-0.25, -0.2) is 0 Å². The third-order valence-electron chi connectivity index (χ3n) is 0.986. The molecule has 0 aliphatic heterocycles. The van der Waals surface area contributed by atoms with Crippen molar-refractivity contribution in [2.45, 2.75) is 18.9 Å². The molecule has 0 fully saturated rings. The van der Waals surface area contributed by atoms with E-state index in [1.54, 1.807) is 0 Å². The third-order valence-corrected chi connectivity index (χ3v) is 0.986. The minimum atomic E-state index is -1.17. The fourth-order valence-corrected chi connectivity index (χ4v) is 0.402. The van der Waals surface area contributed by atoms with Crippen molar-refractivity contribution < 1.29 is 29.7 Å². The van der Waals surface area contributed by atoms with E-state index in [9.17, 15) is 9.59 Å². The molecule has 5 N–H and O–H groups in total. The predicted molar refractivity (Wildman–Crippen MR) is 41.2 cm³/mol. The molecule has 0 rings (SSSR count). The summed E-state index contributed by atoms with van der Waals surface area (Å²) in [7, 11) is 0. The first-order chi connectivity index (χ1) is 5.95. The molecule has 0 bridgehead atoms. The molecule has 0 spiro atoms. The third kappa shape index (κ3) is 13.4. The molecule has 0 amide bonds. The Bertz CT molecular complexity index is 180. The minimum Gasteiger partial charge on any atom is -0.483 e. The average Bonchev–Trinajstić information content (AvgIpc) is 2.01. The van der Waals surface area contributed by atoms with Gasteiger partial charge >= 0.3 is 11.9 Å². The summed E-state index contributed by atoms with van der Waals surface area (Å²) >= 11 is 0. The van der Waals surface area contributed by atoms with E-state index in [0.29, 0.717) is 0 Å². The molecule has 0 saturated carbocycles. The molecule has 13 heavy (non-hydrogen) atoms. The molecule has 1 atom stereocenters.